The molecule has 2 rings (SSSR count). The Bertz CT molecular complexity index is 504. The number of likely N-dealkylation sites (tertiary alicyclic amines) is 1. The highest BCUT2D eigenvalue weighted by Gasteiger charge is 2.30. The SMILES string of the molecule is COc1cc(OC)c(N)c(C(=O)N2CCCC2CO)c1. The number of aliphatic hydroxyl groups excluding tert-OH is 1. The Morgan fingerprint density at radius 1 is 1.45 bits per heavy atom. The molecule has 0 radical (unpaired) electrons. The molecule has 0 aliphatic carbocycles. The maximum Gasteiger partial charge on any atom is 0.256 e. The lowest BCUT2D eigenvalue weighted by Gasteiger charge is -2.24. The van der Waals surface area contributed by atoms with Gasteiger partial charge in [0.1, 0.15) is 11.5 Å². The zero-order chi connectivity index (χ0) is 14.7. The summed E-state index contributed by atoms with van der Waals surface area (Å²) in [6, 6.07) is 3.10. The Kier molecular flexibility index (Phi) is 4.34. The van der Waals surface area contributed by atoms with Gasteiger partial charge in [0.05, 0.1) is 38.1 Å². The van der Waals surface area contributed by atoms with Gasteiger partial charge in [0.15, 0.2) is 0 Å². The summed E-state index contributed by atoms with van der Waals surface area (Å²) in [6.07, 6.45) is 1.70. The number of anilines is 1. The Labute approximate surface area is 118 Å². The van der Waals surface area contributed by atoms with E-state index in [1.807, 2.05) is 0 Å². The van der Waals surface area contributed by atoms with Gasteiger partial charge in [-0.3, -0.25) is 4.79 Å². The van der Waals surface area contributed by atoms with E-state index in [1.165, 1.54) is 14.2 Å². The molecule has 6 nitrogen and oxygen atoms in total. The maximum atomic E-state index is 12.6. The van der Waals surface area contributed by atoms with Gasteiger partial charge in [-0.25, -0.2) is 0 Å². The molecule has 110 valence electrons. The topological polar surface area (TPSA) is 85.0 Å². The summed E-state index contributed by atoms with van der Waals surface area (Å²) in [5, 5.41) is 9.33. The average Bonchev–Trinajstić information content (AvgIpc) is 2.95. The molecule has 1 aromatic carbocycles. The Morgan fingerprint density at radius 3 is 2.80 bits per heavy atom. The van der Waals surface area contributed by atoms with Crippen LogP contribution in [0.15, 0.2) is 12.1 Å². The van der Waals surface area contributed by atoms with Crippen molar-refractivity contribution in [3.05, 3.63) is 17.7 Å². The molecular formula is C14H20N2O4. The molecule has 0 spiro atoms. The number of nitrogens with zero attached hydrogens (tertiary/aromatic N) is 1. The van der Waals surface area contributed by atoms with E-state index in [2.05, 4.69) is 0 Å². The molecule has 20 heavy (non-hydrogen) atoms. The lowest BCUT2D eigenvalue weighted by Crippen LogP contribution is -2.38. The first-order chi connectivity index (χ1) is 9.62. The minimum absolute atomic E-state index is 0.0350. The van der Waals surface area contributed by atoms with Crippen molar-refractivity contribution in [2.24, 2.45) is 0 Å². The summed E-state index contributed by atoms with van der Waals surface area (Å²) >= 11 is 0. The number of nitrogen functional groups attached to an aromatic ring is 1. The second-order valence-corrected chi connectivity index (χ2v) is 4.77. The minimum Gasteiger partial charge on any atom is -0.497 e. The summed E-state index contributed by atoms with van der Waals surface area (Å²) in [4.78, 5) is 14.3. The molecule has 3 N–H and O–H groups in total. The fraction of sp³-hybridized carbons (Fsp3) is 0.500. The monoisotopic (exact) mass is 280 g/mol. The van der Waals surface area contributed by atoms with Crippen molar-refractivity contribution in [3.63, 3.8) is 0 Å². The molecule has 0 saturated carbocycles. The summed E-state index contributed by atoms with van der Waals surface area (Å²) in [5.74, 6) is 0.725. The van der Waals surface area contributed by atoms with E-state index in [9.17, 15) is 9.90 Å². The third-order valence-electron chi connectivity index (χ3n) is 3.65. The second-order valence-electron chi connectivity index (χ2n) is 4.77. The van der Waals surface area contributed by atoms with Crippen LogP contribution in [0.1, 0.15) is 23.2 Å². The quantitative estimate of drug-likeness (QED) is 0.800. The van der Waals surface area contributed by atoms with Gasteiger partial charge in [0.2, 0.25) is 0 Å². The number of aliphatic hydroxyl groups is 1. The minimum atomic E-state index is -0.198. The molecule has 0 aromatic heterocycles. The third kappa shape index (κ3) is 2.51. The van der Waals surface area contributed by atoms with E-state index in [-0.39, 0.29) is 18.6 Å². The Hall–Kier alpha value is -1.95. The largest absolute Gasteiger partial charge is 0.497 e. The van der Waals surface area contributed by atoms with E-state index in [0.29, 0.717) is 29.3 Å². The van der Waals surface area contributed by atoms with Crippen LogP contribution < -0.4 is 15.2 Å². The third-order valence-corrected chi connectivity index (χ3v) is 3.65. The van der Waals surface area contributed by atoms with Gasteiger partial charge >= 0.3 is 0 Å². The average molecular weight is 280 g/mol. The summed E-state index contributed by atoms with van der Waals surface area (Å²) in [7, 11) is 3.01. The molecule has 1 heterocycles. The number of ether oxygens (including phenoxy) is 2. The molecule has 1 aliphatic rings. The van der Waals surface area contributed by atoms with E-state index < -0.39 is 0 Å². The molecule has 0 bridgehead atoms. The fourth-order valence-electron chi connectivity index (χ4n) is 2.51. The number of amides is 1. The summed E-state index contributed by atoms with van der Waals surface area (Å²) in [6.45, 7) is 0.593. The van der Waals surface area contributed by atoms with Crippen LogP contribution in [0.3, 0.4) is 0 Å². The molecular weight excluding hydrogens is 260 g/mol. The molecule has 1 aliphatic heterocycles. The van der Waals surface area contributed by atoms with Crippen molar-refractivity contribution in [2.45, 2.75) is 18.9 Å². The maximum absolute atomic E-state index is 12.6. The molecule has 1 fully saturated rings. The highest BCUT2D eigenvalue weighted by Crippen LogP contribution is 2.33. The zero-order valence-corrected chi connectivity index (χ0v) is 11.8. The molecule has 1 saturated heterocycles. The van der Waals surface area contributed by atoms with E-state index in [0.717, 1.165) is 12.8 Å². The van der Waals surface area contributed by atoms with E-state index in [4.69, 9.17) is 15.2 Å². The van der Waals surface area contributed by atoms with Crippen molar-refractivity contribution in [1.29, 1.82) is 0 Å². The number of carbonyl (C=O) groups excluding carboxylic acids is 1. The van der Waals surface area contributed by atoms with Gasteiger partial charge in [0, 0.05) is 12.6 Å². The highest BCUT2D eigenvalue weighted by molar-refractivity contribution is 6.01. The highest BCUT2D eigenvalue weighted by atomic mass is 16.5. The first-order valence-electron chi connectivity index (χ1n) is 6.55. The fourth-order valence-corrected chi connectivity index (χ4v) is 2.51. The van der Waals surface area contributed by atoms with Gasteiger partial charge in [-0.2, -0.15) is 0 Å². The second kappa shape index (κ2) is 6.00. The van der Waals surface area contributed by atoms with Gasteiger partial charge < -0.3 is 25.2 Å². The van der Waals surface area contributed by atoms with Gasteiger partial charge in [-0.15, -0.1) is 0 Å². The van der Waals surface area contributed by atoms with Crippen molar-refractivity contribution in [1.82, 2.24) is 4.90 Å². The van der Waals surface area contributed by atoms with Crippen molar-refractivity contribution in [2.75, 3.05) is 33.1 Å². The lowest BCUT2D eigenvalue weighted by molar-refractivity contribution is 0.0678. The molecule has 1 aromatic rings. The molecule has 6 heteroatoms. The van der Waals surface area contributed by atoms with Crippen LogP contribution in [0, 0.1) is 0 Å². The Morgan fingerprint density at radius 2 is 2.20 bits per heavy atom. The van der Waals surface area contributed by atoms with Crippen molar-refractivity contribution < 1.29 is 19.4 Å². The van der Waals surface area contributed by atoms with Crippen molar-refractivity contribution >= 4 is 11.6 Å². The summed E-state index contributed by atoms with van der Waals surface area (Å²) < 4.78 is 10.3. The Balaban J connectivity index is 2.38. The number of nitrogens with two attached hydrogens (primary N) is 1. The predicted octanol–water partition coefficient (Wildman–Crippen LogP) is 0.883. The molecule has 1 atom stereocenters. The van der Waals surface area contributed by atoms with E-state index in [1.54, 1.807) is 17.0 Å². The normalized spacial score (nSPS) is 18.1. The number of hydrogen-bond donors (Lipinski definition) is 2. The summed E-state index contributed by atoms with van der Waals surface area (Å²) in [5.41, 5.74) is 6.62. The van der Waals surface area contributed by atoms with E-state index >= 15 is 0 Å². The van der Waals surface area contributed by atoms with Gasteiger partial charge in [-0.1, -0.05) is 0 Å². The first kappa shape index (κ1) is 14.5. The number of methoxy groups -OCH3 is 2. The molecule has 1 amide bonds. The van der Waals surface area contributed by atoms with Crippen LogP contribution in [0.25, 0.3) is 0 Å². The van der Waals surface area contributed by atoms with Crippen LogP contribution in [0.2, 0.25) is 0 Å². The van der Waals surface area contributed by atoms with Crippen LogP contribution >= 0.6 is 0 Å². The van der Waals surface area contributed by atoms with Crippen LogP contribution in [-0.2, 0) is 0 Å². The standard InChI is InChI=1S/C14H20N2O4/c1-19-10-6-11(13(15)12(7-10)20-2)14(18)16-5-3-4-9(16)8-17/h6-7,9,17H,3-5,8,15H2,1-2H3. The number of carbonyl (C=O) groups is 1. The van der Waals surface area contributed by atoms with Gasteiger partial charge in [-0.05, 0) is 18.9 Å². The first-order valence-corrected chi connectivity index (χ1v) is 6.55. The molecule has 1 unspecified atom stereocenters. The van der Waals surface area contributed by atoms with Crippen molar-refractivity contribution in [3.8, 4) is 11.5 Å². The number of benzene rings is 1. The number of rotatable bonds is 4. The zero-order valence-electron chi connectivity index (χ0n) is 11.8. The van der Waals surface area contributed by atoms with Crippen LogP contribution in [0.4, 0.5) is 5.69 Å². The lowest BCUT2D eigenvalue weighted by atomic mass is 10.1. The predicted molar refractivity (Wildman–Crippen MR) is 75.1 cm³/mol. The van der Waals surface area contributed by atoms with Crippen LogP contribution in [0.5, 0.6) is 11.5 Å². The van der Waals surface area contributed by atoms with Gasteiger partial charge in [0.25, 0.3) is 5.91 Å². The van der Waals surface area contributed by atoms with Crippen LogP contribution in [-0.4, -0.2) is 49.3 Å². The number of hydrogen-bond acceptors (Lipinski definition) is 5. The smallest absolute Gasteiger partial charge is 0.256 e.